The maximum atomic E-state index is 4.89. The molecule has 0 amide bonds. The molecule has 3 rings (SSSR count). The minimum atomic E-state index is 0.963. The summed E-state index contributed by atoms with van der Waals surface area (Å²) in [6.07, 6.45) is 0. The monoisotopic (exact) mass is 311 g/mol. The molecular weight excluding hydrogens is 290 g/mol. The molecule has 0 aliphatic rings. The Hall–Kier alpha value is -2.93. The molecule has 24 heavy (non-hydrogen) atoms. The molecule has 0 spiro atoms. The van der Waals surface area contributed by atoms with Gasteiger partial charge in [-0.05, 0) is 42.2 Å². The number of hydrogen-bond acceptors (Lipinski definition) is 1. The summed E-state index contributed by atoms with van der Waals surface area (Å²) in [7, 11) is 0. The summed E-state index contributed by atoms with van der Waals surface area (Å²) in [5.41, 5.74) is 7.59. The Labute approximate surface area is 144 Å². The first kappa shape index (κ1) is 15.9. The zero-order valence-electron chi connectivity index (χ0n) is 14.2. The van der Waals surface area contributed by atoms with E-state index in [1.54, 1.807) is 0 Å². The standard InChI is InChI=1S/C23H21N/c1-17(2)23-21(20-13-8-5-9-14-20)15-10-16-22(23)24-18(3)19-11-6-4-7-12-19/h4-16H,1H2,2-3H3/b24-18+. The Kier molecular flexibility index (Phi) is 4.72. The van der Waals surface area contributed by atoms with Gasteiger partial charge in [0.2, 0.25) is 0 Å². The number of aliphatic imine (C=N–C) groups is 1. The van der Waals surface area contributed by atoms with Crippen molar-refractivity contribution >= 4 is 17.0 Å². The number of nitrogens with zero attached hydrogens (tertiary/aromatic N) is 1. The van der Waals surface area contributed by atoms with Gasteiger partial charge in [-0.25, -0.2) is 0 Å². The molecule has 0 aliphatic heterocycles. The van der Waals surface area contributed by atoms with Crippen molar-refractivity contribution in [2.75, 3.05) is 0 Å². The lowest BCUT2D eigenvalue weighted by molar-refractivity contribution is 1.43. The Bertz CT molecular complexity index is 874. The predicted molar refractivity (Wildman–Crippen MR) is 105 cm³/mol. The normalized spacial score (nSPS) is 11.3. The van der Waals surface area contributed by atoms with Gasteiger partial charge in [0, 0.05) is 11.3 Å². The van der Waals surface area contributed by atoms with Crippen molar-refractivity contribution in [1.82, 2.24) is 0 Å². The van der Waals surface area contributed by atoms with Crippen LogP contribution in [0.25, 0.3) is 16.7 Å². The molecule has 1 heteroatoms. The summed E-state index contributed by atoms with van der Waals surface area (Å²) < 4.78 is 0. The zero-order chi connectivity index (χ0) is 16.9. The van der Waals surface area contributed by atoms with E-state index in [4.69, 9.17) is 4.99 Å². The van der Waals surface area contributed by atoms with Gasteiger partial charge in [-0.15, -0.1) is 0 Å². The molecule has 118 valence electrons. The smallest absolute Gasteiger partial charge is 0.0714 e. The summed E-state index contributed by atoms with van der Waals surface area (Å²) in [5.74, 6) is 0. The first-order valence-corrected chi connectivity index (χ1v) is 8.12. The number of hydrogen-bond donors (Lipinski definition) is 0. The second-order valence-electron chi connectivity index (χ2n) is 5.91. The minimum absolute atomic E-state index is 0.963. The van der Waals surface area contributed by atoms with Crippen molar-refractivity contribution in [3.63, 3.8) is 0 Å². The van der Waals surface area contributed by atoms with Crippen LogP contribution in [0.5, 0.6) is 0 Å². The second-order valence-corrected chi connectivity index (χ2v) is 5.91. The van der Waals surface area contributed by atoms with E-state index in [9.17, 15) is 0 Å². The van der Waals surface area contributed by atoms with Crippen molar-refractivity contribution in [2.24, 2.45) is 4.99 Å². The third-order valence-corrected chi connectivity index (χ3v) is 4.03. The van der Waals surface area contributed by atoms with Crippen molar-refractivity contribution in [1.29, 1.82) is 0 Å². The van der Waals surface area contributed by atoms with Gasteiger partial charge in [0.1, 0.15) is 0 Å². The summed E-state index contributed by atoms with van der Waals surface area (Å²) in [4.78, 5) is 4.89. The average molecular weight is 311 g/mol. The highest BCUT2D eigenvalue weighted by atomic mass is 14.7. The van der Waals surface area contributed by atoms with E-state index >= 15 is 0 Å². The van der Waals surface area contributed by atoms with Crippen LogP contribution in [-0.2, 0) is 0 Å². The van der Waals surface area contributed by atoms with Gasteiger partial charge in [0.15, 0.2) is 0 Å². The summed E-state index contributed by atoms with van der Waals surface area (Å²) >= 11 is 0. The van der Waals surface area contributed by atoms with Gasteiger partial charge in [-0.3, -0.25) is 4.99 Å². The predicted octanol–water partition coefficient (Wildman–Crippen LogP) is 6.53. The molecular formula is C23H21N. The number of rotatable bonds is 4. The highest BCUT2D eigenvalue weighted by Gasteiger charge is 2.11. The molecule has 0 unspecified atom stereocenters. The SMILES string of the molecule is C=C(C)c1c(/N=C(\C)c2ccccc2)cccc1-c1ccccc1. The van der Waals surface area contributed by atoms with Gasteiger partial charge in [0.05, 0.1) is 5.69 Å². The van der Waals surface area contributed by atoms with Gasteiger partial charge < -0.3 is 0 Å². The molecule has 0 saturated carbocycles. The van der Waals surface area contributed by atoms with Crippen LogP contribution in [0.15, 0.2) is 90.4 Å². The van der Waals surface area contributed by atoms with Crippen LogP contribution in [0, 0.1) is 0 Å². The molecule has 0 saturated heterocycles. The molecule has 0 radical (unpaired) electrons. The third kappa shape index (κ3) is 3.36. The quantitative estimate of drug-likeness (QED) is 0.486. The molecule has 0 atom stereocenters. The van der Waals surface area contributed by atoms with Gasteiger partial charge in [-0.2, -0.15) is 0 Å². The molecule has 0 fully saturated rings. The fourth-order valence-electron chi connectivity index (χ4n) is 2.86. The Morgan fingerprint density at radius 1 is 0.750 bits per heavy atom. The van der Waals surface area contributed by atoms with Crippen molar-refractivity contribution < 1.29 is 0 Å². The maximum Gasteiger partial charge on any atom is 0.0714 e. The fourth-order valence-corrected chi connectivity index (χ4v) is 2.86. The Balaban J connectivity index is 2.14. The fraction of sp³-hybridized carbons (Fsp3) is 0.0870. The van der Waals surface area contributed by atoms with Crippen LogP contribution in [0.2, 0.25) is 0 Å². The van der Waals surface area contributed by atoms with E-state index in [0.29, 0.717) is 0 Å². The molecule has 0 aromatic heterocycles. The molecule has 3 aromatic carbocycles. The first-order chi connectivity index (χ1) is 11.7. The van der Waals surface area contributed by atoms with Crippen molar-refractivity contribution in [3.8, 4) is 11.1 Å². The lowest BCUT2D eigenvalue weighted by atomic mass is 9.94. The molecule has 0 aliphatic carbocycles. The van der Waals surface area contributed by atoms with Crippen molar-refractivity contribution in [2.45, 2.75) is 13.8 Å². The largest absolute Gasteiger partial charge is 0.252 e. The number of allylic oxidation sites excluding steroid dienone is 1. The lowest BCUT2D eigenvalue weighted by Gasteiger charge is -2.13. The lowest BCUT2D eigenvalue weighted by Crippen LogP contribution is -1.95. The van der Waals surface area contributed by atoms with Crippen LogP contribution in [0.4, 0.5) is 5.69 Å². The summed E-state index contributed by atoms with van der Waals surface area (Å²) in [5, 5.41) is 0. The maximum absolute atomic E-state index is 4.89. The van der Waals surface area contributed by atoms with E-state index in [-0.39, 0.29) is 0 Å². The molecule has 3 aromatic rings. The summed E-state index contributed by atoms with van der Waals surface area (Å²) in [6, 6.07) is 26.9. The highest BCUT2D eigenvalue weighted by molar-refractivity contribution is 6.01. The third-order valence-electron chi connectivity index (χ3n) is 4.03. The van der Waals surface area contributed by atoms with E-state index in [0.717, 1.165) is 28.1 Å². The molecule has 0 bridgehead atoms. The second kappa shape index (κ2) is 7.10. The van der Waals surface area contributed by atoms with Crippen LogP contribution in [-0.4, -0.2) is 5.71 Å². The molecule has 0 heterocycles. The van der Waals surface area contributed by atoms with E-state index in [1.165, 1.54) is 11.1 Å². The Morgan fingerprint density at radius 3 is 2.00 bits per heavy atom. The van der Waals surface area contributed by atoms with Crippen molar-refractivity contribution in [3.05, 3.63) is 96.6 Å². The van der Waals surface area contributed by atoms with Gasteiger partial charge >= 0.3 is 0 Å². The zero-order valence-corrected chi connectivity index (χ0v) is 14.2. The van der Waals surface area contributed by atoms with Crippen LogP contribution >= 0.6 is 0 Å². The highest BCUT2D eigenvalue weighted by Crippen LogP contribution is 2.35. The molecule has 0 N–H and O–H groups in total. The topological polar surface area (TPSA) is 12.4 Å². The first-order valence-electron chi connectivity index (χ1n) is 8.12. The Morgan fingerprint density at radius 2 is 1.38 bits per heavy atom. The van der Waals surface area contributed by atoms with Crippen LogP contribution in [0.3, 0.4) is 0 Å². The average Bonchev–Trinajstić information content (AvgIpc) is 2.62. The minimum Gasteiger partial charge on any atom is -0.252 e. The van der Waals surface area contributed by atoms with E-state index in [1.807, 2.05) is 38.1 Å². The van der Waals surface area contributed by atoms with Crippen LogP contribution < -0.4 is 0 Å². The van der Waals surface area contributed by atoms with Gasteiger partial charge in [0.25, 0.3) is 0 Å². The summed E-state index contributed by atoms with van der Waals surface area (Å²) in [6.45, 7) is 8.27. The van der Waals surface area contributed by atoms with Gasteiger partial charge in [-0.1, -0.05) is 79.4 Å². The van der Waals surface area contributed by atoms with E-state index < -0.39 is 0 Å². The van der Waals surface area contributed by atoms with E-state index in [2.05, 4.69) is 61.2 Å². The number of benzene rings is 3. The van der Waals surface area contributed by atoms with Crippen LogP contribution in [0.1, 0.15) is 25.0 Å². The molecule has 1 nitrogen and oxygen atoms in total.